The lowest BCUT2D eigenvalue weighted by Gasteiger charge is -2.18. The van der Waals surface area contributed by atoms with Gasteiger partial charge in [-0.25, -0.2) is 4.39 Å². The summed E-state index contributed by atoms with van der Waals surface area (Å²) in [7, 11) is 3.39. The van der Waals surface area contributed by atoms with Gasteiger partial charge in [-0.2, -0.15) is 0 Å². The Labute approximate surface area is 154 Å². The zero-order valence-electron chi connectivity index (χ0n) is 15.5. The van der Waals surface area contributed by atoms with E-state index in [1.165, 1.54) is 6.07 Å². The van der Waals surface area contributed by atoms with Gasteiger partial charge in [-0.15, -0.1) is 0 Å². The highest BCUT2D eigenvalue weighted by Crippen LogP contribution is 2.16. The number of ether oxygens (including phenoxy) is 2. The van der Waals surface area contributed by atoms with Crippen LogP contribution in [0.3, 0.4) is 0 Å². The molecule has 5 nitrogen and oxygen atoms in total. The van der Waals surface area contributed by atoms with E-state index in [2.05, 4.69) is 21.7 Å². The monoisotopic (exact) mass is 359 g/mol. The van der Waals surface area contributed by atoms with Crippen LogP contribution >= 0.6 is 0 Å². The van der Waals surface area contributed by atoms with Crippen LogP contribution in [-0.4, -0.2) is 32.8 Å². The van der Waals surface area contributed by atoms with E-state index in [4.69, 9.17) is 9.47 Å². The molecule has 0 aliphatic heterocycles. The molecule has 0 aliphatic rings. The fourth-order valence-electron chi connectivity index (χ4n) is 2.46. The molecule has 0 aromatic heterocycles. The van der Waals surface area contributed by atoms with E-state index in [9.17, 15) is 4.39 Å². The molecule has 6 heteroatoms. The standard InChI is InChI=1S/C20H26FN3O2/c1-15(26-19-11-7-6-10-18(19)21)12-23-20(22-2)24-13-16-8-4-5-9-17(16)14-25-3/h4-11,15H,12-14H2,1-3H3,(H2,22,23,24). The molecule has 0 bridgehead atoms. The lowest BCUT2D eigenvalue weighted by atomic mass is 10.1. The first-order valence-corrected chi connectivity index (χ1v) is 8.55. The summed E-state index contributed by atoms with van der Waals surface area (Å²) in [5, 5.41) is 6.46. The summed E-state index contributed by atoms with van der Waals surface area (Å²) in [6, 6.07) is 14.5. The molecular formula is C20H26FN3O2. The van der Waals surface area contributed by atoms with Crippen LogP contribution in [0, 0.1) is 5.82 Å². The maximum Gasteiger partial charge on any atom is 0.191 e. The fraction of sp³-hybridized carbons (Fsp3) is 0.350. The highest BCUT2D eigenvalue weighted by Gasteiger charge is 2.09. The summed E-state index contributed by atoms with van der Waals surface area (Å²) >= 11 is 0. The maximum atomic E-state index is 13.6. The van der Waals surface area contributed by atoms with Gasteiger partial charge in [-0.3, -0.25) is 4.99 Å². The van der Waals surface area contributed by atoms with E-state index in [-0.39, 0.29) is 17.7 Å². The van der Waals surface area contributed by atoms with E-state index in [1.807, 2.05) is 25.1 Å². The van der Waals surface area contributed by atoms with Crippen LogP contribution in [0.15, 0.2) is 53.5 Å². The number of aliphatic imine (C=N–C) groups is 1. The number of benzene rings is 2. The minimum Gasteiger partial charge on any atom is -0.486 e. The molecule has 1 unspecified atom stereocenters. The van der Waals surface area contributed by atoms with Gasteiger partial charge in [-0.1, -0.05) is 36.4 Å². The number of rotatable bonds is 8. The number of hydrogen-bond donors (Lipinski definition) is 2. The molecule has 2 N–H and O–H groups in total. The van der Waals surface area contributed by atoms with Crippen molar-refractivity contribution < 1.29 is 13.9 Å². The van der Waals surface area contributed by atoms with Gasteiger partial charge in [0.2, 0.25) is 0 Å². The molecule has 0 saturated carbocycles. The van der Waals surface area contributed by atoms with Crippen LogP contribution in [0.1, 0.15) is 18.1 Å². The normalized spacial score (nSPS) is 12.5. The molecule has 1 atom stereocenters. The summed E-state index contributed by atoms with van der Waals surface area (Å²) in [5.74, 6) is 0.538. The van der Waals surface area contributed by atoms with Gasteiger partial charge < -0.3 is 20.1 Å². The number of hydrogen-bond acceptors (Lipinski definition) is 3. The number of halogens is 1. The van der Waals surface area contributed by atoms with Gasteiger partial charge in [0.05, 0.1) is 13.2 Å². The van der Waals surface area contributed by atoms with Gasteiger partial charge in [0, 0.05) is 20.7 Å². The van der Waals surface area contributed by atoms with Gasteiger partial charge >= 0.3 is 0 Å². The lowest BCUT2D eigenvalue weighted by molar-refractivity contribution is 0.184. The molecule has 0 aliphatic carbocycles. The third-order valence-corrected chi connectivity index (χ3v) is 3.81. The van der Waals surface area contributed by atoms with Crippen molar-refractivity contribution in [1.29, 1.82) is 0 Å². The summed E-state index contributed by atoms with van der Waals surface area (Å²) in [4.78, 5) is 4.21. The number of methoxy groups -OCH3 is 1. The Hall–Kier alpha value is -2.60. The Bertz CT molecular complexity index is 722. The molecule has 0 spiro atoms. The van der Waals surface area contributed by atoms with Gasteiger partial charge in [0.25, 0.3) is 0 Å². The molecule has 26 heavy (non-hydrogen) atoms. The Morgan fingerprint density at radius 3 is 2.46 bits per heavy atom. The second-order valence-electron chi connectivity index (χ2n) is 5.87. The Morgan fingerprint density at radius 1 is 1.08 bits per heavy atom. The van der Waals surface area contributed by atoms with E-state index < -0.39 is 0 Å². The number of guanidine groups is 1. The summed E-state index contributed by atoms with van der Waals surface area (Å²) < 4.78 is 24.5. The average molecular weight is 359 g/mol. The molecule has 0 fully saturated rings. The second-order valence-corrected chi connectivity index (χ2v) is 5.87. The third kappa shape index (κ3) is 6.04. The quantitative estimate of drug-likeness (QED) is 0.562. The number of para-hydroxylation sites is 1. The smallest absolute Gasteiger partial charge is 0.191 e. The van der Waals surface area contributed by atoms with E-state index in [0.717, 1.165) is 11.1 Å². The van der Waals surface area contributed by atoms with Gasteiger partial charge in [-0.05, 0) is 30.2 Å². The van der Waals surface area contributed by atoms with Crippen LogP contribution in [0.4, 0.5) is 4.39 Å². The van der Waals surface area contributed by atoms with Crippen molar-refractivity contribution in [3.63, 3.8) is 0 Å². The lowest BCUT2D eigenvalue weighted by Crippen LogP contribution is -2.41. The Balaban J connectivity index is 1.83. The van der Waals surface area contributed by atoms with Crippen LogP contribution in [-0.2, 0) is 17.9 Å². The first kappa shape index (κ1) is 19.7. The van der Waals surface area contributed by atoms with Gasteiger partial charge in [0.1, 0.15) is 6.10 Å². The van der Waals surface area contributed by atoms with E-state index in [0.29, 0.717) is 25.7 Å². The maximum absolute atomic E-state index is 13.6. The zero-order valence-corrected chi connectivity index (χ0v) is 15.5. The zero-order chi connectivity index (χ0) is 18.8. The molecule has 2 aromatic rings. The van der Waals surface area contributed by atoms with Crippen molar-refractivity contribution in [2.45, 2.75) is 26.2 Å². The van der Waals surface area contributed by atoms with Crippen molar-refractivity contribution in [2.75, 3.05) is 20.7 Å². The number of nitrogens with one attached hydrogen (secondary N) is 2. The largest absolute Gasteiger partial charge is 0.486 e. The summed E-state index contributed by atoms with van der Waals surface area (Å²) in [5.41, 5.74) is 2.28. The second kappa shape index (κ2) is 10.4. The summed E-state index contributed by atoms with van der Waals surface area (Å²) in [6.07, 6.45) is -0.216. The molecule has 2 aromatic carbocycles. The highest BCUT2D eigenvalue weighted by molar-refractivity contribution is 5.79. The molecule has 0 saturated heterocycles. The summed E-state index contributed by atoms with van der Waals surface area (Å²) in [6.45, 7) is 3.56. The third-order valence-electron chi connectivity index (χ3n) is 3.81. The average Bonchev–Trinajstić information content (AvgIpc) is 2.65. The van der Waals surface area contributed by atoms with E-state index >= 15 is 0 Å². The van der Waals surface area contributed by atoms with Crippen LogP contribution in [0.2, 0.25) is 0 Å². The predicted octanol–water partition coefficient (Wildman–Crippen LogP) is 3.10. The first-order chi connectivity index (χ1) is 12.6. The predicted molar refractivity (Wildman–Crippen MR) is 102 cm³/mol. The molecule has 0 radical (unpaired) electrons. The van der Waals surface area contributed by atoms with Crippen molar-refractivity contribution in [3.05, 3.63) is 65.5 Å². The highest BCUT2D eigenvalue weighted by atomic mass is 19.1. The van der Waals surface area contributed by atoms with Crippen LogP contribution < -0.4 is 15.4 Å². The minimum atomic E-state index is -0.364. The Morgan fingerprint density at radius 2 is 1.77 bits per heavy atom. The molecule has 140 valence electrons. The molecule has 0 heterocycles. The van der Waals surface area contributed by atoms with Crippen molar-refractivity contribution >= 4 is 5.96 Å². The topological polar surface area (TPSA) is 54.9 Å². The minimum absolute atomic E-state index is 0.216. The SMILES string of the molecule is CN=C(NCc1ccccc1COC)NCC(C)Oc1ccccc1F. The number of nitrogens with zero attached hydrogens (tertiary/aromatic N) is 1. The van der Waals surface area contributed by atoms with Gasteiger partial charge in [0.15, 0.2) is 17.5 Å². The first-order valence-electron chi connectivity index (χ1n) is 8.55. The van der Waals surface area contributed by atoms with E-state index in [1.54, 1.807) is 32.4 Å². The molecular weight excluding hydrogens is 333 g/mol. The fourth-order valence-corrected chi connectivity index (χ4v) is 2.46. The van der Waals surface area contributed by atoms with Crippen molar-refractivity contribution in [1.82, 2.24) is 10.6 Å². The van der Waals surface area contributed by atoms with Crippen molar-refractivity contribution in [3.8, 4) is 5.75 Å². The Kier molecular flexibility index (Phi) is 7.89. The van der Waals surface area contributed by atoms with Crippen LogP contribution in [0.5, 0.6) is 5.75 Å². The molecule has 0 amide bonds. The molecule has 2 rings (SSSR count). The van der Waals surface area contributed by atoms with Crippen LogP contribution in [0.25, 0.3) is 0 Å². The van der Waals surface area contributed by atoms with Crippen molar-refractivity contribution in [2.24, 2.45) is 4.99 Å².